The number of halogens is 1. The molecule has 0 amide bonds. The Labute approximate surface area is 91.4 Å². The molecule has 0 bridgehead atoms. The van der Waals surface area contributed by atoms with Crippen LogP contribution in [-0.4, -0.2) is 11.1 Å². The van der Waals surface area contributed by atoms with Crippen molar-refractivity contribution in [1.82, 2.24) is 0 Å². The van der Waals surface area contributed by atoms with Crippen LogP contribution >= 0.6 is 15.9 Å². The van der Waals surface area contributed by atoms with Crippen LogP contribution in [0.5, 0.6) is 0 Å². The van der Waals surface area contributed by atoms with Crippen LogP contribution in [0.15, 0.2) is 30.3 Å². The SMILES string of the molecule is CC(Br)c1ccc(C=CC(=O)O)cc1. The standard InChI is InChI=1S/C11H11BrO2/c1-8(12)10-5-2-9(3-6-10)4-7-11(13)14/h2-8H,1H3,(H,13,14). The van der Waals surface area contributed by atoms with E-state index in [-0.39, 0.29) is 0 Å². The number of alkyl halides is 1. The Kier molecular flexibility index (Phi) is 3.89. The molecule has 1 rings (SSSR count). The highest BCUT2D eigenvalue weighted by Crippen LogP contribution is 2.21. The predicted octanol–water partition coefficient (Wildman–Crippen LogP) is 3.24. The first-order valence-electron chi connectivity index (χ1n) is 4.24. The third-order valence-electron chi connectivity index (χ3n) is 1.81. The summed E-state index contributed by atoms with van der Waals surface area (Å²) in [6.45, 7) is 2.04. The van der Waals surface area contributed by atoms with Gasteiger partial charge in [-0.2, -0.15) is 0 Å². The minimum Gasteiger partial charge on any atom is -0.478 e. The molecule has 0 aliphatic carbocycles. The lowest BCUT2D eigenvalue weighted by Crippen LogP contribution is -1.86. The molecular weight excluding hydrogens is 244 g/mol. The second-order valence-corrected chi connectivity index (χ2v) is 4.33. The maximum atomic E-state index is 10.3. The molecule has 14 heavy (non-hydrogen) atoms. The zero-order valence-electron chi connectivity index (χ0n) is 7.77. The number of aliphatic carboxylic acids is 1. The summed E-state index contributed by atoms with van der Waals surface area (Å²) in [4.78, 5) is 10.6. The Hall–Kier alpha value is -1.09. The molecule has 74 valence electrons. The van der Waals surface area contributed by atoms with Crippen molar-refractivity contribution in [3.8, 4) is 0 Å². The molecule has 0 saturated carbocycles. The zero-order valence-corrected chi connectivity index (χ0v) is 9.36. The van der Waals surface area contributed by atoms with Crippen LogP contribution in [0.25, 0.3) is 6.08 Å². The maximum Gasteiger partial charge on any atom is 0.328 e. The lowest BCUT2D eigenvalue weighted by molar-refractivity contribution is -0.131. The van der Waals surface area contributed by atoms with Crippen molar-refractivity contribution < 1.29 is 9.90 Å². The zero-order chi connectivity index (χ0) is 10.6. The average molecular weight is 255 g/mol. The van der Waals surface area contributed by atoms with E-state index in [1.807, 2.05) is 31.2 Å². The van der Waals surface area contributed by atoms with Gasteiger partial charge in [0.2, 0.25) is 0 Å². The van der Waals surface area contributed by atoms with E-state index in [0.29, 0.717) is 4.83 Å². The van der Waals surface area contributed by atoms with Gasteiger partial charge in [0.1, 0.15) is 0 Å². The van der Waals surface area contributed by atoms with Gasteiger partial charge in [-0.25, -0.2) is 4.79 Å². The van der Waals surface area contributed by atoms with Gasteiger partial charge in [0, 0.05) is 10.9 Å². The highest BCUT2D eigenvalue weighted by molar-refractivity contribution is 9.09. The molecule has 1 aromatic carbocycles. The lowest BCUT2D eigenvalue weighted by Gasteiger charge is -2.02. The van der Waals surface area contributed by atoms with E-state index in [0.717, 1.165) is 11.6 Å². The van der Waals surface area contributed by atoms with E-state index < -0.39 is 5.97 Å². The highest BCUT2D eigenvalue weighted by Gasteiger charge is 1.98. The van der Waals surface area contributed by atoms with Crippen LogP contribution in [0.1, 0.15) is 22.9 Å². The third kappa shape index (κ3) is 3.34. The van der Waals surface area contributed by atoms with Crippen LogP contribution < -0.4 is 0 Å². The molecule has 0 aromatic heterocycles. The summed E-state index contributed by atoms with van der Waals surface area (Å²) >= 11 is 3.46. The molecule has 0 radical (unpaired) electrons. The number of carboxylic acids is 1. The fourth-order valence-electron chi connectivity index (χ4n) is 1.04. The fourth-order valence-corrected chi connectivity index (χ4v) is 1.35. The molecule has 2 nitrogen and oxygen atoms in total. The predicted molar refractivity (Wildman–Crippen MR) is 60.5 cm³/mol. The Bertz CT molecular complexity index is 339. The number of hydrogen-bond donors (Lipinski definition) is 1. The summed E-state index contributed by atoms with van der Waals surface area (Å²) in [6.07, 6.45) is 2.71. The summed E-state index contributed by atoms with van der Waals surface area (Å²) < 4.78 is 0. The molecule has 1 aromatic rings. The van der Waals surface area contributed by atoms with Crippen LogP contribution in [0.2, 0.25) is 0 Å². The van der Waals surface area contributed by atoms with Gasteiger partial charge in [-0.05, 0) is 24.1 Å². The molecule has 0 aliphatic rings. The fraction of sp³-hybridized carbons (Fsp3) is 0.182. The Morgan fingerprint density at radius 2 is 2.00 bits per heavy atom. The van der Waals surface area contributed by atoms with Crippen molar-refractivity contribution in [1.29, 1.82) is 0 Å². The van der Waals surface area contributed by atoms with E-state index in [1.165, 1.54) is 5.56 Å². The number of carboxylic acid groups (broad SMARTS) is 1. The summed E-state index contributed by atoms with van der Waals surface area (Å²) in [7, 11) is 0. The molecule has 1 N–H and O–H groups in total. The normalized spacial score (nSPS) is 13.0. The van der Waals surface area contributed by atoms with Gasteiger partial charge in [-0.3, -0.25) is 0 Å². The molecule has 0 heterocycles. The summed E-state index contributed by atoms with van der Waals surface area (Å²) in [6, 6.07) is 7.74. The molecule has 0 fully saturated rings. The van der Waals surface area contributed by atoms with Crippen molar-refractivity contribution in [3.05, 3.63) is 41.5 Å². The van der Waals surface area contributed by atoms with Crippen molar-refractivity contribution in [2.24, 2.45) is 0 Å². The summed E-state index contributed by atoms with van der Waals surface area (Å²) in [5, 5.41) is 8.42. The molecule has 3 heteroatoms. The molecule has 1 atom stereocenters. The van der Waals surface area contributed by atoms with Gasteiger partial charge >= 0.3 is 5.97 Å². The number of rotatable bonds is 3. The highest BCUT2D eigenvalue weighted by atomic mass is 79.9. The van der Waals surface area contributed by atoms with Crippen molar-refractivity contribution >= 4 is 28.0 Å². The van der Waals surface area contributed by atoms with Crippen molar-refractivity contribution in [3.63, 3.8) is 0 Å². The van der Waals surface area contributed by atoms with Gasteiger partial charge < -0.3 is 5.11 Å². The van der Waals surface area contributed by atoms with Gasteiger partial charge in [-0.15, -0.1) is 0 Å². The van der Waals surface area contributed by atoms with Gasteiger partial charge in [0.15, 0.2) is 0 Å². The lowest BCUT2D eigenvalue weighted by atomic mass is 10.1. The largest absolute Gasteiger partial charge is 0.478 e. The maximum absolute atomic E-state index is 10.3. The van der Waals surface area contributed by atoms with Gasteiger partial charge in [0.05, 0.1) is 0 Å². The number of benzene rings is 1. The van der Waals surface area contributed by atoms with E-state index in [9.17, 15) is 4.79 Å². The van der Waals surface area contributed by atoms with E-state index in [2.05, 4.69) is 15.9 Å². The van der Waals surface area contributed by atoms with E-state index in [4.69, 9.17) is 5.11 Å². The minimum absolute atomic E-state index is 0.319. The van der Waals surface area contributed by atoms with Crippen LogP contribution in [0.3, 0.4) is 0 Å². The van der Waals surface area contributed by atoms with Gasteiger partial charge in [-0.1, -0.05) is 40.2 Å². The van der Waals surface area contributed by atoms with Crippen LogP contribution in [0.4, 0.5) is 0 Å². The monoisotopic (exact) mass is 254 g/mol. The quantitative estimate of drug-likeness (QED) is 0.665. The molecule has 0 aliphatic heterocycles. The topological polar surface area (TPSA) is 37.3 Å². The Balaban J connectivity index is 2.78. The third-order valence-corrected chi connectivity index (χ3v) is 2.34. The molecule has 1 unspecified atom stereocenters. The molecule has 0 saturated heterocycles. The molecular formula is C11H11BrO2. The van der Waals surface area contributed by atoms with E-state index in [1.54, 1.807) is 6.08 Å². The number of hydrogen-bond acceptors (Lipinski definition) is 1. The smallest absolute Gasteiger partial charge is 0.328 e. The van der Waals surface area contributed by atoms with Crippen LogP contribution in [-0.2, 0) is 4.79 Å². The van der Waals surface area contributed by atoms with Crippen molar-refractivity contribution in [2.45, 2.75) is 11.8 Å². The van der Waals surface area contributed by atoms with Crippen LogP contribution in [0, 0.1) is 0 Å². The van der Waals surface area contributed by atoms with Crippen molar-refractivity contribution in [2.75, 3.05) is 0 Å². The Morgan fingerprint density at radius 3 is 2.43 bits per heavy atom. The Morgan fingerprint density at radius 1 is 1.43 bits per heavy atom. The summed E-state index contributed by atoms with van der Waals surface area (Å²) in [5.74, 6) is -0.928. The minimum atomic E-state index is -0.928. The first-order valence-corrected chi connectivity index (χ1v) is 5.16. The first-order chi connectivity index (χ1) is 6.59. The second kappa shape index (κ2) is 4.96. The van der Waals surface area contributed by atoms with E-state index >= 15 is 0 Å². The average Bonchev–Trinajstić information content (AvgIpc) is 2.15. The number of carbonyl (C=O) groups is 1. The van der Waals surface area contributed by atoms with Gasteiger partial charge in [0.25, 0.3) is 0 Å². The second-order valence-electron chi connectivity index (χ2n) is 2.95. The summed E-state index contributed by atoms with van der Waals surface area (Å²) in [5.41, 5.74) is 2.07. The first kappa shape index (κ1) is 11.0. The molecule has 0 spiro atoms.